The molecule has 2 aromatic heterocycles. The van der Waals surface area contributed by atoms with E-state index >= 15 is 0 Å². The highest BCUT2D eigenvalue weighted by Crippen LogP contribution is 2.34. The van der Waals surface area contributed by atoms with Crippen molar-refractivity contribution in [2.45, 2.75) is 19.9 Å². The number of nitriles is 1. The van der Waals surface area contributed by atoms with Gasteiger partial charge in [0, 0.05) is 26.2 Å². The van der Waals surface area contributed by atoms with Gasteiger partial charge in [-0.3, -0.25) is 9.69 Å². The fourth-order valence-corrected chi connectivity index (χ4v) is 5.55. The molecular formula is C21H22N4OS2. The average Bonchev–Trinajstić information content (AvgIpc) is 3.35. The summed E-state index contributed by atoms with van der Waals surface area (Å²) in [4.78, 5) is 23.5. The number of fused-ring (bicyclic) bond motifs is 1. The van der Waals surface area contributed by atoms with Gasteiger partial charge in [-0.1, -0.05) is 26.0 Å². The number of para-hydroxylation sites is 1. The molecule has 3 heterocycles. The van der Waals surface area contributed by atoms with Crippen LogP contribution in [0, 0.1) is 17.2 Å². The van der Waals surface area contributed by atoms with E-state index in [0.29, 0.717) is 19.0 Å². The molecule has 0 radical (unpaired) electrons. The van der Waals surface area contributed by atoms with Crippen LogP contribution in [-0.2, 0) is 0 Å². The molecular weight excluding hydrogens is 388 g/mol. The van der Waals surface area contributed by atoms with Crippen molar-refractivity contribution in [1.82, 2.24) is 14.8 Å². The number of benzene rings is 1. The quantitative estimate of drug-likeness (QED) is 0.642. The normalized spacial score (nSPS) is 16.4. The molecule has 1 unspecified atom stereocenters. The van der Waals surface area contributed by atoms with Gasteiger partial charge in [-0.25, -0.2) is 4.98 Å². The number of hydrogen-bond acceptors (Lipinski definition) is 6. The van der Waals surface area contributed by atoms with Gasteiger partial charge in [0.25, 0.3) is 5.91 Å². The molecule has 0 saturated carbocycles. The van der Waals surface area contributed by atoms with Crippen molar-refractivity contribution in [3.63, 3.8) is 0 Å². The number of nitrogens with zero attached hydrogens (tertiary/aromatic N) is 4. The first kappa shape index (κ1) is 19.1. The summed E-state index contributed by atoms with van der Waals surface area (Å²) in [5, 5.41) is 10.4. The van der Waals surface area contributed by atoms with Crippen molar-refractivity contribution in [2.24, 2.45) is 5.92 Å². The van der Waals surface area contributed by atoms with Crippen LogP contribution in [0.3, 0.4) is 0 Å². The van der Waals surface area contributed by atoms with Gasteiger partial charge in [-0.2, -0.15) is 5.26 Å². The highest BCUT2D eigenvalue weighted by molar-refractivity contribution is 7.26. The number of aromatic nitrogens is 1. The third kappa shape index (κ3) is 3.68. The Bertz CT molecular complexity index is 991. The summed E-state index contributed by atoms with van der Waals surface area (Å²) in [6.07, 6.45) is 0. The number of rotatable bonds is 4. The lowest BCUT2D eigenvalue weighted by Gasteiger charge is -2.38. The fourth-order valence-electron chi connectivity index (χ4n) is 3.56. The van der Waals surface area contributed by atoms with Gasteiger partial charge in [0.05, 0.1) is 26.0 Å². The van der Waals surface area contributed by atoms with Gasteiger partial charge >= 0.3 is 0 Å². The Morgan fingerprint density at radius 3 is 2.54 bits per heavy atom. The molecule has 0 N–H and O–H groups in total. The minimum atomic E-state index is -0.0790. The van der Waals surface area contributed by atoms with E-state index in [4.69, 9.17) is 4.98 Å². The van der Waals surface area contributed by atoms with Crippen molar-refractivity contribution in [3.05, 3.63) is 41.3 Å². The van der Waals surface area contributed by atoms with Crippen LogP contribution < -0.4 is 0 Å². The Balaban J connectivity index is 1.44. The summed E-state index contributed by atoms with van der Waals surface area (Å²) in [6.45, 7) is 6.97. The molecule has 3 aromatic rings. The first-order chi connectivity index (χ1) is 13.6. The summed E-state index contributed by atoms with van der Waals surface area (Å²) in [5.74, 6) is 0.371. The Hall–Kier alpha value is -2.27. The zero-order valence-corrected chi connectivity index (χ0v) is 17.6. The van der Waals surface area contributed by atoms with Crippen molar-refractivity contribution < 1.29 is 4.79 Å². The molecule has 4 rings (SSSR count). The minimum absolute atomic E-state index is 0.0788. The second-order valence-corrected chi connectivity index (χ2v) is 9.41. The summed E-state index contributed by atoms with van der Waals surface area (Å²) in [5.41, 5.74) is 0.997. The lowest BCUT2D eigenvalue weighted by atomic mass is 10.0. The minimum Gasteiger partial charge on any atom is -0.335 e. The predicted molar refractivity (Wildman–Crippen MR) is 115 cm³/mol. The molecule has 0 aliphatic carbocycles. The van der Waals surface area contributed by atoms with Gasteiger partial charge in [0.15, 0.2) is 0 Å². The molecule has 5 nitrogen and oxygen atoms in total. The van der Waals surface area contributed by atoms with Gasteiger partial charge in [0.2, 0.25) is 0 Å². The van der Waals surface area contributed by atoms with E-state index in [-0.39, 0.29) is 11.9 Å². The maximum Gasteiger partial charge on any atom is 0.264 e. The number of carbonyl (C=O) groups excluding carboxylic acids is 1. The third-order valence-corrected chi connectivity index (χ3v) is 7.36. The van der Waals surface area contributed by atoms with E-state index in [1.54, 1.807) is 11.3 Å². The monoisotopic (exact) mass is 410 g/mol. The third-order valence-electron chi connectivity index (χ3n) is 5.08. The van der Waals surface area contributed by atoms with Crippen LogP contribution in [0.25, 0.3) is 20.1 Å². The average molecular weight is 411 g/mol. The van der Waals surface area contributed by atoms with Gasteiger partial charge < -0.3 is 4.90 Å². The molecule has 0 spiro atoms. The summed E-state index contributed by atoms with van der Waals surface area (Å²) in [7, 11) is 0. The smallest absolute Gasteiger partial charge is 0.264 e. The topological polar surface area (TPSA) is 60.2 Å². The molecule has 7 heteroatoms. The largest absolute Gasteiger partial charge is 0.335 e. The van der Waals surface area contributed by atoms with Crippen LogP contribution in [0.1, 0.15) is 23.5 Å². The molecule has 0 bridgehead atoms. The number of amides is 1. The summed E-state index contributed by atoms with van der Waals surface area (Å²) >= 11 is 3.17. The van der Waals surface area contributed by atoms with Crippen LogP contribution in [0.2, 0.25) is 0 Å². The molecule has 144 valence electrons. The highest BCUT2D eigenvalue weighted by atomic mass is 32.1. The zero-order chi connectivity index (χ0) is 19.7. The fraction of sp³-hybridized carbons (Fsp3) is 0.381. The van der Waals surface area contributed by atoms with Crippen LogP contribution in [0.5, 0.6) is 0 Å². The highest BCUT2D eigenvalue weighted by Gasteiger charge is 2.28. The van der Waals surface area contributed by atoms with E-state index in [9.17, 15) is 10.1 Å². The maximum atomic E-state index is 12.9. The predicted octanol–water partition coefficient (Wildman–Crippen LogP) is 4.33. The Morgan fingerprint density at radius 2 is 1.86 bits per heavy atom. The van der Waals surface area contributed by atoms with E-state index in [0.717, 1.165) is 38.1 Å². The number of piperazine rings is 1. The first-order valence-electron chi connectivity index (χ1n) is 9.45. The Morgan fingerprint density at radius 1 is 1.11 bits per heavy atom. The van der Waals surface area contributed by atoms with Crippen LogP contribution in [0.4, 0.5) is 0 Å². The summed E-state index contributed by atoms with van der Waals surface area (Å²) in [6, 6.07) is 14.3. The Kier molecular flexibility index (Phi) is 5.44. The van der Waals surface area contributed by atoms with Crippen LogP contribution in [0.15, 0.2) is 36.4 Å². The van der Waals surface area contributed by atoms with E-state index < -0.39 is 0 Å². The van der Waals surface area contributed by atoms with Crippen molar-refractivity contribution in [1.29, 1.82) is 5.26 Å². The zero-order valence-electron chi connectivity index (χ0n) is 16.0. The summed E-state index contributed by atoms with van der Waals surface area (Å²) < 4.78 is 1.16. The maximum absolute atomic E-state index is 12.9. The molecule has 1 aliphatic heterocycles. The molecule has 28 heavy (non-hydrogen) atoms. The molecule has 1 saturated heterocycles. The molecule has 1 aliphatic rings. The second-order valence-electron chi connectivity index (χ2n) is 7.30. The lowest BCUT2D eigenvalue weighted by molar-refractivity contribution is 0.0581. The van der Waals surface area contributed by atoms with Crippen LogP contribution in [-0.4, -0.2) is 52.9 Å². The standard InChI is InChI=1S/C21H22N4OS2/c1-14(2)16(13-22)24-9-11-25(12-10-24)21(26)19-8-7-18(27-19)20-23-15-5-3-4-6-17(15)28-20/h3-8,14,16H,9-12H2,1-2H3. The van der Waals surface area contributed by atoms with Crippen LogP contribution >= 0.6 is 22.7 Å². The first-order valence-corrected chi connectivity index (χ1v) is 11.1. The van der Waals surface area contributed by atoms with Crippen molar-refractivity contribution in [3.8, 4) is 16.0 Å². The lowest BCUT2D eigenvalue weighted by Crippen LogP contribution is -2.52. The van der Waals surface area contributed by atoms with Gasteiger partial charge in [0.1, 0.15) is 11.0 Å². The van der Waals surface area contributed by atoms with Crippen molar-refractivity contribution >= 4 is 38.8 Å². The molecule has 1 fully saturated rings. The molecule has 1 atom stereocenters. The van der Waals surface area contributed by atoms with E-state index in [2.05, 4.69) is 30.9 Å². The Labute approximate surface area is 172 Å². The number of hydrogen-bond donors (Lipinski definition) is 0. The number of thiophene rings is 1. The van der Waals surface area contributed by atoms with Gasteiger partial charge in [-0.15, -0.1) is 22.7 Å². The number of carbonyl (C=O) groups is 1. The molecule has 1 amide bonds. The van der Waals surface area contributed by atoms with E-state index in [1.165, 1.54) is 11.3 Å². The second kappa shape index (κ2) is 8.00. The van der Waals surface area contributed by atoms with Gasteiger partial charge in [-0.05, 0) is 30.2 Å². The number of thiazole rings is 1. The van der Waals surface area contributed by atoms with E-state index in [1.807, 2.05) is 35.2 Å². The SMILES string of the molecule is CC(C)C(C#N)N1CCN(C(=O)c2ccc(-c3nc4ccccc4s3)s2)CC1. The van der Waals surface area contributed by atoms with Crippen molar-refractivity contribution in [2.75, 3.05) is 26.2 Å². The molecule has 1 aromatic carbocycles.